The molecule has 4 fully saturated rings. The number of carbonyl (C=O) groups is 1. The fraction of sp³-hybridized carbons (Fsp3) is 0.842. The van der Waals surface area contributed by atoms with E-state index in [0.717, 1.165) is 65.4 Å². The van der Waals surface area contributed by atoms with Crippen molar-refractivity contribution < 1.29 is 4.79 Å². The summed E-state index contributed by atoms with van der Waals surface area (Å²) in [5.41, 5.74) is 0.499. The number of rotatable bonds is 6. The third-order valence-electron chi connectivity index (χ3n) is 6.24. The van der Waals surface area contributed by atoms with Crippen molar-refractivity contribution in [2.45, 2.75) is 38.8 Å². The molecule has 5 heterocycles. The van der Waals surface area contributed by atoms with E-state index in [1.807, 2.05) is 15.8 Å². The highest BCUT2D eigenvalue weighted by Gasteiger charge is 2.36. The van der Waals surface area contributed by atoms with E-state index in [0.29, 0.717) is 17.7 Å². The molecule has 0 aromatic carbocycles. The lowest BCUT2D eigenvalue weighted by molar-refractivity contribution is 0.0732. The van der Waals surface area contributed by atoms with Crippen molar-refractivity contribution in [3.8, 4) is 0 Å². The molecular formula is C19H33N7O. The SMILES string of the molecule is CCCN1C[C@@H]2CC[C@H]1CN(C(=O)c1cn(CCN3CCNCC3)nn1)C2. The number of hydrogen-bond donors (Lipinski definition) is 1. The van der Waals surface area contributed by atoms with Crippen molar-refractivity contribution >= 4 is 5.91 Å². The first-order chi connectivity index (χ1) is 13.2. The summed E-state index contributed by atoms with van der Waals surface area (Å²) >= 11 is 0. The summed E-state index contributed by atoms with van der Waals surface area (Å²) < 4.78 is 1.82. The van der Waals surface area contributed by atoms with Gasteiger partial charge in [0.25, 0.3) is 5.91 Å². The Hall–Kier alpha value is -1.51. The standard InChI is InChI=1S/C19H33N7O/c1-2-7-24-12-16-3-4-17(24)14-25(13-16)19(27)18-15-26(22-21-18)11-10-23-8-5-20-6-9-23/h15-17,20H,2-14H2,1H3/t16-,17-/m0/s1. The number of carbonyl (C=O) groups excluding carboxylic acids is 1. The zero-order valence-corrected chi connectivity index (χ0v) is 16.5. The minimum atomic E-state index is 0.0543. The molecule has 2 atom stereocenters. The average molecular weight is 376 g/mol. The van der Waals surface area contributed by atoms with E-state index in [2.05, 4.69) is 32.4 Å². The largest absolute Gasteiger partial charge is 0.335 e. The molecule has 27 heavy (non-hydrogen) atoms. The molecule has 0 spiro atoms. The zero-order valence-electron chi connectivity index (χ0n) is 16.5. The maximum absolute atomic E-state index is 13.0. The van der Waals surface area contributed by atoms with Gasteiger partial charge in [0, 0.05) is 58.4 Å². The van der Waals surface area contributed by atoms with Gasteiger partial charge in [-0.25, -0.2) is 0 Å². The van der Waals surface area contributed by atoms with Crippen LogP contribution in [0.1, 0.15) is 36.7 Å². The topological polar surface area (TPSA) is 69.5 Å². The van der Waals surface area contributed by atoms with Crippen molar-refractivity contribution in [2.24, 2.45) is 5.92 Å². The Kier molecular flexibility index (Phi) is 6.04. The van der Waals surface area contributed by atoms with Crippen LogP contribution in [0.25, 0.3) is 0 Å². The minimum absolute atomic E-state index is 0.0543. The Morgan fingerprint density at radius 1 is 1.15 bits per heavy atom. The third-order valence-corrected chi connectivity index (χ3v) is 6.24. The second-order valence-electron chi connectivity index (χ2n) is 8.26. The molecule has 8 nitrogen and oxygen atoms in total. The first-order valence-electron chi connectivity index (χ1n) is 10.6. The molecule has 0 unspecified atom stereocenters. The number of hydrogen-bond acceptors (Lipinski definition) is 6. The van der Waals surface area contributed by atoms with Crippen LogP contribution in [0, 0.1) is 5.92 Å². The summed E-state index contributed by atoms with van der Waals surface area (Å²) in [7, 11) is 0. The van der Waals surface area contributed by atoms with Crippen molar-refractivity contribution in [3.63, 3.8) is 0 Å². The van der Waals surface area contributed by atoms with E-state index < -0.39 is 0 Å². The number of amides is 1. The predicted molar refractivity (Wildman–Crippen MR) is 104 cm³/mol. The summed E-state index contributed by atoms with van der Waals surface area (Å²) in [5.74, 6) is 0.653. The van der Waals surface area contributed by atoms with Gasteiger partial charge in [0.05, 0.1) is 12.7 Å². The highest BCUT2D eigenvalue weighted by Crippen LogP contribution is 2.28. The maximum atomic E-state index is 13.0. The normalized spacial score (nSPS) is 27.1. The second-order valence-corrected chi connectivity index (χ2v) is 8.26. The molecule has 2 bridgehead atoms. The molecule has 8 heteroatoms. The van der Waals surface area contributed by atoms with Gasteiger partial charge < -0.3 is 10.2 Å². The Labute approximate surface area is 161 Å². The van der Waals surface area contributed by atoms with Gasteiger partial charge in [-0.3, -0.25) is 19.3 Å². The molecule has 0 saturated carbocycles. The van der Waals surface area contributed by atoms with Gasteiger partial charge in [-0.1, -0.05) is 12.1 Å². The van der Waals surface area contributed by atoms with Crippen molar-refractivity contribution in [2.75, 3.05) is 58.9 Å². The predicted octanol–water partition coefficient (Wildman–Crippen LogP) is 0.130. The lowest BCUT2D eigenvalue weighted by Crippen LogP contribution is -2.44. The summed E-state index contributed by atoms with van der Waals surface area (Å²) in [6, 6.07) is 0.510. The van der Waals surface area contributed by atoms with Gasteiger partial charge in [-0.2, -0.15) is 0 Å². The fourth-order valence-corrected chi connectivity index (χ4v) is 4.75. The van der Waals surface area contributed by atoms with Crippen LogP contribution >= 0.6 is 0 Å². The van der Waals surface area contributed by atoms with Gasteiger partial charge >= 0.3 is 0 Å². The summed E-state index contributed by atoms with van der Waals surface area (Å²) in [6.07, 6.45) is 5.47. The molecule has 4 saturated heterocycles. The van der Waals surface area contributed by atoms with Crippen LogP contribution < -0.4 is 5.32 Å². The first-order valence-corrected chi connectivity index (χ1v) is 10.6. The Balaban J connectivity index is 1.35. The Bertz CT molecular complexity index is 627. The highest BCUT2D eigenvalue weighted by atomic mass is 16.2. The number of nitrogens with one attached hydrogen (secondary N) is 1. The molecule has 1 aromatic rings. The van der Waals surface area contributed by atoms with E-state index in [1.165, 1.54) is 19.3 Å². The van der Waals surface area contributed by atoms with Crippen LogP contribution in [-0.4, -0.2) is 101 Å². The molecule has 1 amide bonds. The first kappa shape index (κ1) is 18.8. The van der Waals surface area contributed by atoms with Gasteiger partial charge in [0.15, 0.2) is 5.69 Å². The van der Waals surface area contributed by atoms with E-state index in [4.69, 9.17) is 0 Å². The Morgan fingerprint density at radius 2 is 2.00 bits per heavy atom. The van der Waals surface area contributed by atoms with E-state index in [9.17, 15) is 4.79 Å². The second kappa shape index (κ2) is 8.67. The van der Waals surface area contributed by atoms with E-state index in [1.54, 1.807) is 0 Å². The van der Waals surface area contributed by atoms with Crippen LogP contribution in [-0.2, 0) is 6.54 Å². The molecule has 0 aliphatic carbocycles. The third kappa shape index (κ3) is 4.50. The number of piperidine rings is 1. The van der Waals surface area contributed by atoms with Gasteiger partial charge in [0.2, 0.25) is 0 Å². The quantitative estimate of drug-likeness (QED) is 0.762. The van der Waals surface area contributed by atoms with Crippen LogP contribution in [0.5, 0.6) is 0 Å². The van der Waals surface area contributed by atoms with Crippen LogP contribution in [0.3, 0.4) is 0 Å². The monoisotopic (exact) mass is 375 g/mol. The zero-order chi connectivity index (χ0) is 18.6. The highest BCUT2D eigenvalue weighted by molar-refractivity contribution is 5.92. The lowest BCUT2D eigenvalue weighted by Gasteiger charge is -2.35. The van der Waals surface area contributed by atoms with Crippen molar-refractivity contribution in [1.29, 1.82) is 0 Å². The number of fused-ring (bicyclic) bond motifs is 4. The molecular weight excluding hydrogens is 342 g/mol. The summed E-state index contributed by atoms with van der Waals surface area (Å²) in [4.78, 5) is 20.1. The smallest absolute Gasteiger partial charge is 0.276 e. The van der Waals surface area contributed by atoms with Crippen molar-refractivity contribution in [3.05, 3.63) is 11.9 Å². The number of aromatic nitrogens is 3. The lowest BCUT2D eigenvalue weighted by atomic mass is 9.95. The molecule has 1 N–H and O–H groups in total. The van der Waals surface area contributed by atoms with Crippen LogP contribution in [0.15, 0.2) is 6.20 Å². The average Bonchev–Trinajstić information content (AvgIpc) is 2.99. The van der Waals surface area contributed by atoms with Gasteiger partial charge in [-0.05, 0) is 31.7 Å². The maximum Gasteiger partial charge on any atom is 0.276 e. The minimum Gasteiger partial charge on any atom is -0.335 e. The van der Waals surface area contributed by atoms with E-state index in [-0.39, 0.29) is 5.91 Å². The van der Waals surface area contributed by atoms with Crippen molar-refractivity contribution in [1.82, 2.24) is 35.0 Å². The number of piperazine rings is 1. The van der Waals surface area contributed by atoms with Gasteiger partial charge in [0.1, 0.15) is 0 Å². The van der Waals surface area contributed by atoms with Crippen LogP contribution in [0.4, 0.5) is 0 Å². The van der Waals surface area contributed by atoms with Crippen LogP contribution in [0.2, 0.25) is 0 Å². The molecule has 150 valence electrons. The molecule has 1 aromatic heterocycles. The van der Waals surface area contributed by atoms with E-state index >= 15 is 0 Å². The molecule has 4 aliphatic rings. The Morgan fingerprint density at radius 3 is 2.81 bits per heavy atom. The molecule has 5 rings (SSSR count). The molecule has 0 radical (unpaired) electrons. The molecule has 4 aliphatic heterocycles. The summed E-state index contributed by atoms with van der Waals surface area (Å²) in [6.45, 7) is 12.2. The van der Waals surface area contributed by atoms with Gasteiger partial charge in [-0.15, -0.1) is 5.10 Å². The summed E-state index contributed by atoms with van der Waals surface area (Å²) in [5, 5.41) is 11.8. The number of nitrogens with zero attached hydrogens (tertiary/aromatic N) is 6. The fourth-order valence-electron chi connectivity index (χ4n) is 4.75.